The molecule has 0 spiro atoms. The highest BCUT2D eigenvalue weighted by Gasteiger charge is 2.21. The van der Waals surface area contributed by atoms with E-state index in [2.05, 4.69) is 11.9 Å². The van der Waals surface area contributed by atoms with E-state index < -0.39 is 11.9 Å². The second-order valence-electron chi connectivity index (χ2n) is 5.39. The Balaban J connectivity index is 4.44. The first-order valence-corrected chi connectivity index (χ1v) is 6.67. The second-order valence-corrected chi connectivity index (χ2v) is 5.39. The lowest BCUT2D eigenvalue weighted by atomic mass is 9.97. The lowest BCUT2D eigenvalue weighted by molar-refractivity contribution is -0.142. The van der Waals surface area contributed by atoms with Gasteiger partial charge in [-0.1, -0.05) is 19.9 Å². The van der Waals surface area contributed by atoms with Crippen LogP contribution < -0.4 is 5.32 Å². The molecule has 0 aromatic rings. The van der Waals surface area contributed by atoms with Crippen molar-refractivity contribution >= 4 is 12.0 Å². The summed E-state index contributed by atoms with van der Waals surface area (Å²) in [7, 11) is 0. The van der Waals surface area contributed by atoms with E-state index in [1.54, 1.807) is 11.0 Å². The Labute approximate surface area is 115 Å². The van der Waals surface area contributed by atoms with Gasteiger partial charge in [-0.2, -0.15) is 0 Å². The average molecular weight is 270 g/mol. The Hall–Kier alpha value is -1.52. The summed E-state index contributed by atoms with van der Waals surface area (Å²) in [6.45, 7) is 12.0. The van der Waals surface area contributed by atoms with Crippen LogP contribution in [0.4, 0.5) is 4.79 Å². The van der Waals surface area contributed by atoms with Crippen molar-refractivity contribution < 1.29 is 14.7 Å². The van der Waals surface area contributed by atoms with E-state index >= 15 is 0 Å². The number of carbonyl (C=O) groups is 2. The molecule has 5 heteroatoms. The van der Waals surface area contributed by atoms with E-state index in [0.29, 0.717) is 13.0 Å². The van der Waals surface area contributed by atoms with Crippen LogP contribution in [-0.4, -0.2) is 41.1 Å². The lowest BCUT2D eigenvalue weighted by Crippen LogP contribution is -2.46. The fourth-order valence-corrected chi connectivity index (χ4v) is 1.82. The molecule has 0 bridgehead atoms. The molecule has 0 aliphatic heterocycles. The number of carbonyl (C=O) groups excluding carboxylic acids is 1. The van der Waals surface area contributed by atoms with Crippen molar-refractivity contribution in [2.24, 2.45) is 11.8 Å². The fourth-order valence-electron chi connectivity index (χ4n) is 1.82. The molecule has 1 unspecified atom stereocenters. The van der Waals surface area contributed by atoms with Crippen molar-refractivity contribution in [1.82, 2.24) is 10.2 Å². The molecule has 0 heterocycles. The van der Waals surface area contributed by atoms with Gasteiger partial charge in [-0.15, -0.1) is 6.58 Å². The van der Waals surface area contributed by atoms with Crippen LogP contribution in [-0.2, 0) is 4.79 Å². The summed E-state index contributed by atoms with van der Waals surface area (Å²) < 4.78 is 0. The van der Waals surface area contributed by atoms with E-state index in [1.165, 1.54) is 0 Å². The van der Waals surface area contributed by atoms with Crippen molar-refractivity contribution in [2.75, 3.05) is 13.1 Å². The van der Waals surface area contributed by atoms with Gasteiger partial charge in [0.2, 0.25) is 0 Å². The first-order chi connectivity index (χ1) is 8.79. The Morgan fingerprint density at radius 2 is 1.89 bits per heavy atom. The lowest BCUT2D eigenvalue weighted by Gasteiger charge is -2.26. The maximum atomic E-state index is 12.0. The van der Waals surface area contributed by atoms with Crippen LogP contribution in [0, 0.1) is 11.8 Å². The van der Waals surface area contributed by atoms with Gasteiger partial charge in [-0.05, 0) is 26.2 Å². The number of rotatable bonds is 8. The minimum atomic E-state index is -0.867. The van der Waals surface area contributed by atoms with E-state index in [-0.39, 0.29) is 24.5 Å². The molecule has 0 saturated heterocycles. The summed E-state index contributed by atoms with van der Waals surface area (Å²) in [6, 6.07) is -0.198. The zero-order valence-electron chi connectivity index (χ0n) is 12.3. The number of carboxylic acids is 1. The third-order valence-corrected chi connectivity index (χ3v) is 2.81. The summed E-state index contributed by atoms with van der Waals surface area (Å²) in [6.07, 6.45) is 2.21. The van der Waals surface area contributed by atoms with Gasteiger partial charge in [0, 0.05) is 19.1 Å². The Kier molecular flexibility index (Phi) is 7.87. The summed E-state index contributed by atoms with van der Waals surface area (Å²) in [5, 5.41) is 11.8. The van der Waals surface area contributed by atoms with Crippen molar-refractivity contribution in [3.05, 3.63) is 12.7 Å². The fraction of sp³-hybridized carbons (Fsp3) is 0.714. The maximum Gasteiger partial charge on any atom is 0.317 e. The summed E-state index contributed by atoms with van der Waals surface area (Å²) in [5.74, 6) is -1.12. The highest BCUT2D eigenvalue weighted by atomic mass is 16.4. The largest absolute Gasteiger partial charge is 0.481 e. The third kappa shape index (κ3) is 6.84. The van der Waals surface area contributed by atoms with Crippen LogP contribution in [0.15, 0.2) is 12.7 Å². The number of nitrogens with zero attached hydrogens (tertiary/aromatic N) is 1. The van der Waals surface area contributed by atoms with Gasteiger partial charge in [0.25, 0.3) is 0 Å². The van der Waals surface area contributed by atoms with Crippen molar-refractivity contribution in [3.8, 4) is 0 Å². The summed E-state index contributed by atoms with van der Waals surface area (Å²) in [4.78, 5) is 24.7. The van der Waals surface area contributed by atoms with E-state index in [4.69, 9.17) is 5.11 Å². The molecule has 0 radical (unpaired) electrons. The number of nitrogens with one attached hydrogen (secondary N) is 1. The quantitative estimate of drug-likeness (QED) is 0.665. The minimum absolute atomic E-state index is 0.0476. The topological polar surface area (TPSA) is 69.6 Å². The number of hydrogen-bond acceptors (Lipinski definition) is 2. The summed E-state index contributed by atoms with van der Waals surface area (Å²) in [5.41, 5.74) is 0. The molecule has 110 valence electrons. The molecule has 0 aromatic carbocycles. The van der Waals surface area contributed by atoms with E-state index in [0.717, 1.165) is 0 Å². The van der Waals surface area contributed by atoms with E-state index in [9.17, 15) is 9.59 Å². The van der Waals surface area contributed by atoms with E-state index in [1.807, 2.05) is 27.7 Å². The number of urea groups is 1. The molecular formula is C14H26N2O3. The molecule has 5 nitrogen and oxygen atoms in total. The molecule has 19 heavy (non-hydrogen) atoms. The van der Waals surface area contributed by atoms with Crippen LogP contribution in [0.3, 0.4) is 0 Å². The van der Waals surface area contributed by atoms with Gasteiger partial charge in [-0.25, -0.2) is 4.79 Å². The number of carboxylic acid groups (broad SMARTS) is 1. The first-order valence-electron chi connectivity index (χ1n) is 6.67. The third-order valence-electron chi connectivity index (χ3n) is 2.81. The molecule has 1 atom stereocenters. The van der Waals surface area contributed by atoms with Gasteiger partial charge in [-0.3, -0.25) is 4.79 Å². The Morgan fingerprint density at radius 1 is 1.32 bits per heavy atom. The number of aliphatic carboxylic acids is 1. The van der Waals surface area contributed by atoms with Crippen molar-refractivity contribution in [2.45, 2.75) is 40.2 Å². The Morgan fingerprint density at radius 3 is 2.26 bits per heavy atom. The SMILES string of the molecule is C=CCN(C(=O)NCC(CC(C)C)C(=O)O)C(C)C. The van der Waals surface area contributed by atoms with Gasteiger partial charge in [0.05, 0.1) is 5.92 Å². The van der Waals surface area contributed by atoms with Crippen LogP contribution in [0.5, 0.6) is 0 Å². The zero-order chi connectivity index (χ0) is 15.0. The van der Waals surface area contributed by atoms with Gasteiger partial charge < -0.3 is 15.3 Å². The van der Waals surface area contributed by atoms with Crippen LogP contribution in [0.1, 0.15) is 34.1 Å². The highest BCUT2D eigenvalue weighted by molar-refractivity contribution is 5.76. The molecule has 2 amide bonds. The molecule has 0 aliphatic carbocycles. The van der Waals surface area contributed by atoms with Gasteiger partial charge in [0.1, 0.15) is 0 Å². The predicted molar refractivity (Wildman–Crippen MR) is 76.0 cm³/mol. The zero-order valence-corrected chi connectivity index (χ0v) is 12.3. The van der Waals surface area contributed by atoms with Crippen molar-refractivity contribution in [3.63, 3.8) is 0 Å². The first kappa shape index (κ1) is 17.5. The Bertz CT molecular complexity index is 314. The molecule has 0 aromatic heterocycles. The smallest absolute Gasteiger partial charge is 0.317 e. The molecule has 0 aliphatic rings. The van der Waals surface area contributed by atoms with Crippen LogP contribution in [0.25, 0.3) is 0 Å². The monoisotopic (exact) mass is 270 g/mol. The van der Waals surface area contributed by atoms with Gasteiger partial charge in [0.15, 0.2) is 0 Å². The molecule has 2 N–H and O–H groups in total. The molecule has 0 fully saturated rings. The minimum Gasteiger partial charge on any atom is -0.481 e. The second kappa shape index (κ2) is 8.56. The molecule has 0 rings (SSSR count). The molecular weight excluding hydrogens is 244 g/mol. The normalized spacial score (nSPS) is 12.3. The summed E-state index contributed by atoms with van der Waals surface area (Å²) >= 11 is 0. The number of amides is 2. The maximum absolute atomic E-state index is 12.0. The van der Waals surface area contributed by atoms with Crippen LogP contribution in [0.2, 0.25) is 0 Å². The average Bonchev–Trinajstić information content (AvgIpc) is 2.29. The van der Waals surface area contributed by atoms with Gasteiger partial charge >= 0.3 is 12.0 Å². The standard InChI is InChI=1S/C14H26N2O3/c1-6-7-16(11(4)5)14(19)15-9-12(13(17)18)8-10(2)3/h6,10-12H,1,7-9H2,2-5H3,(H,15,19)(H,17,18). The van der Waals surface area contributed by atoms with Crippen LogP contribution >= 0.6 is 0 Å². The predicted octanol–water partition coefficient (Wildman–Crippen LogP) is 2.34. The number of hydrogen-bond donors (Lipinski definition) is 2. The van der Waals surface area contributed by atoms with Crippen molar-refractivity contribution in [1.29, 1.82) is 0 Å². The molecule has 0 saturated carbocycles. The highest BCUT2D eigenvalue weighted by Crippen LogP contribution is 2.11.